The van der Waals surface area contributed by atoms with E-state index in [-0.39, 0.29) is 6.04 Å². The molecule has 0 saturated heterocycles. The molecule has 2 aromatic rings. The summed E-state index contributed by atoms with van der Waals surface area (Å²) in [7, 11) is 0. The molecule has 0 aliphatic rings. The molecule has 106 valence electrons. The third kappa shape index (κ3) is 3.78. The Bertz CT molecular complexity index is 619. The fraction of sp³-hybridized carbons (Fsp3) is 0.200. The first-order valence-corrected chi connectivity index (χ1v) is 7.26. The van der Waals surface area contributed by atoms with Crippen LogP contribution in [0.3, 0.4) is 0 Å². The summed E-state index contributed by atoms with van der Waals surface area (Å²) >= 11 is 9.34. The number of hydrogen-bond acceptors (Lipinski definition) is 1. The molecule has 1 unspecified atom stereocenters. The number of benzene rings is 2. The molecule has 1 nitrogen and oxygen atoms in total. The average molecular weight is 361 g/mol. The Kier molecular flexibility index (Phi) is 5.13. The molecule has 0 amide bonds. The van der Waals surface area contributed by atoms with Crippen molar-refractivity contribution >= 4 is 27.5 Å². The van der Waals surface area contributed by atoms with Gasteiger partial charge in [-0.1, -0.05) is 23.7 Å². The van der Waals surface area contributed by atoms with Gasteiger partial charge in [-0.15, -0.1) is 0 Å². The summed E-state index contributed by atoms with van der Waals surface area (Å²) in [5.74, 6) is -1.11. The minimum Gasteiger partial charge on any atom is -0.306 e. The molecule has 0 heterocycles. The molecule has 5 heteroatoms. The van der Waals surface area contributed by atoms with Crippen molar-refractivity contribution in [3.05, 3.63) is 68.7 Å². The number of nitrogens with one attached hydrogen (secondary N) is 1. The van der Waals surface area contributed by atoms with Gasteiger partial charge in [-0.05, 0) is 46.6 Å². The van der Waals surface area contributed by atoms with Gasteiger partial charge in [0.25, 0.3) is 0 Å². The smallest absolute Gasteiger partial charge is 0.130 e. The van der Waals surface area contributed by atoms with Crippen LogP contribution in [0, 0.1) is 11.6 Å². The highest BCUT2D eigenvalue weighted by atomic mass is 79.9. The maximum absolute atomic E-state index is 13.6. The molecule has 0 fully saturated rings. The summed E-state index contributed by atoms with van der Waals surface area (Å²) in [4.78, 5) is 0. The van der Waals surface area contributed by atoms with Crippen LogP contribution < -0.4 is 5.32 Å². The normalized spacial score (nSPS) is 12.4. The summed E-state index contributed by atoms with van der Waals surface area (Å²) in [5.41, 5.74) is 1.43. The van der Waals surface area contributed by atoms with Gasteiger partial charge >= 0.3 is 0 Å². The molecule has 0 saturated carbocycles. The van der Waals surface area contributed by atoms with Gasteiger partial charge in [-0.3, -0.25) is 0 Å². The monoisotopic (exact) mass is 359 g/mol. The minimum atomic E-state index is -0.571. The molecule has 0 aliphatic carbocycles. The molecule has 1 N–H and O–H groups in total. The third-order valence-electron chi connectivity index (χ3n) is 3.03. The zero-order valence-electron chi connectivity index (χ0n) is 10.8. The van der Waals surface area contributed by atoms with E-state index in [1.165, 1.54) is 12.1 Å². The van der Waals surface area contributed by atoms with E-state index in [2.05, 4.69) is 21.2 Å². The lowest BCUT2D eigenvalue weighted by Crippen LogP contribution is -2.19. The van der Waals surface area contributed by atoms with Crippen molar-refractivity contribution in [3.8, 4) is 0 Å². The standard InChI is InChI=1S/C15H13BrClF2N/c1-9(12-4-3-11(18)7-15(12)19)20-8-10-2-5-13(16)14(17)6-10/h2-7,9,20H,8H2,1H3. The Labute approximate surface area is 130 Å². The highest BCUT2D eigenvalue weighted by Crippen LogP contribution is 2.24. The van der Waals surface area contributed by atoms with Crippen LogP contribution in [-0.2, 0) is 6.54 Å². The van der Waals surface area contributed by atoms with E-state index >= 15 is 0 Å². The molecule has 1 atom stereocenters. The Hall–Kier alpha value is -0.970. The molecule has 2 aromatic carbocycles. The summed E-state index contributed by atoms with van der Waals surface area (Å²) < 4.78 is 27.3. The van der Waals surface area contributed by atoms with Crippen molar-refractivity contribution in [1.29, 1.82) is 0 Å². The molecular formula is C15H13BrClF2N. The lowest BCUT2D eigenvalue weighted by molar-refractivity contribution is 0.518. The van der Waals surface area contributed by atoms with Crippen molar-refractivity contribution in [2.75, 3.05) is 0 Å². The second-order valence-electron chi connectivity index (χ2n) is 4.52. The van der Waals surface area contributed by atoms with E-state index < -0.39 is 11.6 Å². The fourth-order valence-electron chi connectivity index (χ4n) is 1.88. The fourth-order valence-corrected chi connectivity index (χ4v) is 2.33. The largest absolute Gasteiger partial charge is 0.306 e. The van der Waals surface area contributed by atoms with E-state index in [1.807, 2.05) is 25.1 Å². The van der Waals surface area contributed by atoms with Crippen LogP contribution in [0.15, 0.2) is 40.9 Å². The number of halogens is 4. The Balaban J connectivity index is 2.04. The molecule has 2 rings (SSSR count). The van der Waals surface area contributed by atoms with E-state index in [1.54, 1.807) is 0 Å². The lowest BCUT2D eigenvalue weighted by atomic mass is 10.1. The highest BCUT2D eigenvalue weighted by molar-refractivity contribution is 9.10. The van der Waals surface area contributed by atoms with Crippen LogP contribution in [0.2, 0.25) is 5.02 Å². The predicted octanol–water partition coefficient (Wildman–Crippen LogP) is 5.23. The van der Waals surface area contributed by atoms with Crippen LogP contribution in [0.25, 0.3) is 0 Å². The first-order chi connectivity index (χ1) is 9.47. The quantitative estimate of drug-likeness (QED) is 0.787. The topological polar surface area (TPSA) is 12.0 Å². The van der Waals surface area contributed by atoms with E-state index in [4.69, 9.17) is 11.6 Å². The first kappa shape index (κ1) is 15.4. The van der Waals surface area contributed by atoms with Crippen molar-refractivity contribution < 1.29 is 8.78 Å². The zero-order chi connectivity index (χ0) is 14.7. The minimum absolute atomic E-state index is 0.224. The maximum Gasteiger partial charge on any atom is 0.130 e. The highest BCUT2D eigenvalue weighted by Gasteiger charge is 2.11. The van der Waals surface area contributed by atoms with Crippen molar-refractivity contribution in [2.45, 2.75) is 19.5 Å². The molecule has 0 bridgehead atoms. The van der Waals surface area contributed by atoms with Gasteiger partial charge < -0.3 is 5.32 Å². The summed E-state index contributed by atoms with van der Waals surface area (Å²) in [6, 6.07) is 9.01. The van der Waals surface area contributed by atoms with Crippen LogP contribution in [0.4, 0.5) is 8.78 Å². The second kappa shape index (κ2) is 6.66. The summed E-state index contributed by atoms with van der Waals surface area (Å²) in [5, 5.41) is 3.82. The van der Waals surface area contributed by atoms with Crippen LogP contribution in [-0.4, -0.2) is 0 Å². The average Bonchev–Trinajstić information content (AvgIpc) is 2.40. The summed E-state index contributed by atoms with van der Waals surface area (Å²) in [6.07, 6.45) is 0. The second-order valence-corrected chi connectivity index (χ2v) is 5.78. The van der Waals surface area contributed by atoms with E-state index in [0.29, 0.717) is 17.1 Å². The van der Waals surface area contributed by atoms with Crippen molar-refractivity contribution in [1.82, 2.24) is 5.32 Å². The maximum atomic E-state index is 13.6. The zero-order valence-corrected chi connectivity index (χ0v) is 13.1. The van der Waals surface area contributed by atoms with Crippen LogP contribution in [0.5, 0.6) is 0 Å². The van der Waals surface area contributed by atoms with Gasteiger partial charge in [0, 0.05) is 28.7 Å². The van der Waals surface area contributed by atoms with Gasteiger partial charge in [-0.2, -0.15) is 0 Å². The molecule has 0 radical (unpaired) electrons. The Morgan fingerprint density at radius 2 is 1.95 bits per heavy atom. The van der Waals surface area contributed by atoms with Crippen LogP contribution in [0.1, 0.15) is 24.1 Å². The van der Waals surface area contributed by atoms with Crippen LogP contribution >= 0.6 is 27.5 Å². The van der Waals surface area contributed by atoms with Crippen molar-refractivity contribution in [2.24, 2.45) is 0 Å². The predicted molar refractivity (Wildman–Crippen MR) is 80.8 cm³/mol. The van der Waals surface area contributed by atoms with Crippen molar-refractivity contribution in [3.63, 3.8) is 0 Å². The number of hydrogen-bond donors (Lipinski definition) is 1. The molecular weight excluding hydrogens is 348 g/mol. The Morgan fingerprint density at radius 1 is 1.20 bits per heavy atom. The van der Waals surface area contributed by atoms with E-state index in [9.17, 15) is 8.78 Å². The Morgan fingerprint density at radius 3 is 2.60 bits per heavy atom. The third-order valence-corrected chi connectivity index (χ3v) is 4.26. The summed E-state index contributed by atoms with van der Waals surface area (Å²) in [6.45, 7) is 2.38. The number of rotatable bonds is 4. The van der Waals surface area contributed by atoms with Gasteiger partial charge in [0.05, 0.1) is 5.02 Å². The van der Waals surface area contributed by atoms with Gasteiger partial charge in [-0.25, -0.2) is 8.78 Å². The molecule has 0 aromatic heterocycles. The first-order valence-electron chi connectivity index (χ1n) is 6.09. The van der Waals surface area contributed by atoms with Gasteiger partial charge in [0.1, 0.15) is 11.6 Å². The molecule has 0 aliphatic heterocycles. The SMILES string of the molecule is CC(NCc1ccc(Br)c(Cl)c1)c1ccc(F)cc1F. The molecule has 0 spiro atoms. The van der Waals surface area contributed by atoms with Gasteiger partial charge in [0.15, 0.2) is 0 Å². The van der Waals surface area contributed by atoms with Gasteiger partial charge in [0.2, 0.25) is 0 Å². The van der Waals surface area contributed by atoms with E-state index in [0.717, 1.165) is 16.1 Å². The molecule has 20 heavy (non-hydrogen) atoms. The lowest BCUT2D eigenvalue weighted by Gasteiger charge is -2.15.